The predicted octanol–water partition coefficient (Wildman–Crippen LogP) is 4.46. The Bertz CT molecular complexity index is 624. The Kier molecular flexibility index (Phi) is 5.03. The monoisotopic (exact) mass is 301 g/mol. The van der Waals surface area contributed by atoms with Crippen LogP contribution in [-0.4, -0.2) is 5.91 Å². The van der Waals surface area contributed by atoms with Gasteiger partial charge in [-0.05, 0) is 37.5 Å². The molecule has 0 heterocycles. The molecule has 2 aromatic carbocycles. The van der Waals surface area contributed by atoms with E-state index in [0.717, 1.165) is 11.1 Å². The SMILES string of the molecule is Cc1ccc(C)c(C(C)NC(=O)C(Cl)c2ccccc2)c1. The van der Waals surface area contributed by atoms with E-state index < -0.39 is 5.38 Å². The number of alkyl halides is 1. The summed E-state index contributed by atoms with van der Waals surface area (Å²) in [5.41, 5.74) is 4.28. The number of nitrogens with one attached hydrogen (secondary N) is 1. The maximum absolute atomic E-state index is 12.3. The van der Waals surface area contributed by atoms with Gasteiger partial charge in [0.2, 0.25) is 5.91 Å². The molecule has 110 valence electrons. The Morgan fingerprint density at radius 3 is 2.43 bits per heavy atom. The van der Waals surface area contributed by atoms with Crippen molar-refractivity contribution in [3.63, 3.8) is 0 Å². The van der Waals surface area contributed by atoms with Crippen LogP contribution in [0, 0.1) is 13.8 Å². The molecule has 0 radical (unpaired) electrons. The average molecular weight is 302 g/mol. The van der Waals surface area contributed by atoms with Gasteiger partial charge in [-0.1, -0.05) is 54.1 Å². The maximum atomic E-state index is 12.3. The van der Waals surface area contributed by atoms with Crippen molar-refractivity contribution >= 4 is 17.5 Å². The lowest BCUT2D eigenvalue weighted by Crippen LogP contribution is -2.30. The number of carbonyl (C=O) groups excluding carboxylic acids is 1. The van der Waals surface area contributed by atoms with Gasteiger partial charge in [0.1, 0.15) is 5.38 Å². The van der Waals surface area contributed by atoms with E-state index in [9.17, 15) is 4.79 Å². The smallest absolute Gasteiger partial charge is 0.243 e. The van der Waals surface area contributed by atoms with Gasteiger partial charge in [0.15, 0.2) is 0 Å². The summed E-state index contributed by atoms with van der Waals surface area (Å²) < 4.78 is 0. The first-order valence-corrected chi connectivity index (χ1v) is 7.49. The Labute approximate surface area is 131 Å². The molecular formula is C18H20ClNO. The van der Waals surface area contributed by atoms with Gasteiger partial charge in [0.25, 0.3) is 0 Å². The summed E-state index contributed by atoms with van der Waals surface area (Å²) >= 11 is 6.25. The first kappa shape index (κ1) is 15.6. The normalized spacial score (nSPS) is 13.5. The fraction of sp³-hybridized carbons (Fsp3) is 0.278. The summed E-state index contributed by atoms with van der Waals surface area (Å²) in [6, 6.07) is 15.6. The zero-order valence-electron chi connectivity index (χ0n) is 12.6. The summed E-state index contributed by atoms with van der Waals surface area (Å²) in [5.74, 6) is -0.170. The van der Waals surface area contributed by atoms with Crippen LogP contribution in [0.5, 0.6) is 0 Å². The minimum Gasteiger partial charge on any atom is -0.348 e. The largest absolute Gasteiger partial charge is 0.348 e. The highest BCUT2D eigenvalue weighted by molar-refractivity contribution is 6.30. The standard InChI is InChI=1S/C18H20ClNO/c1-12-9-10-13(2)16(11-12)14(3)20-18(21)17(19)15-7-5-4-6-8-15/h4-11,14,17H,1-3H3,(H,20,21). The zero-order chi connectivity index (χ0) is 15.4. The van der Waals surface area contributed by atoms with E-state index >= 15 is 0 Å². The van der Waals surface area contributed by atoms with Crippen molar-refractivity contribution in [3.8, 4) is 0 Å². The number of hydrogen-bond acceptors (Lipinski definition) is 1. The molecule has 2 atom stereocenters. The molecule has 0 aliphatic heterocycles. The number of halogens is 1. The van der Waals surface area contributed by atoms with E-state index in [1.165, 1.54) is 11.1 Å². The van der Waals surface area contributed by atoms with Crippen LogP contribution < -0.4 is 5.32 Å². The number of aryl methyl sites for hydroxylation is 2. The maximum Gasteiger partial charge on any atom is 0.243 e. The molecule has 0 saturated heterocycles. The number of benzene rings is 2. The van der Waals surface area contributed by atoms with Crippen molar-refractivity contribution in [2.45, 2.75) is 32.2 Å². The van der Waals surface area contributed by atoms with E-state index in [-0.39, 0.29) is 11.9 Å². The summed E-state index contributed by atoms with van der Waals surface area (Å²) in [5, 5.41) is 2.32. The number of amides is 1. The van der Waals surface area contributed by atoms with Crippen molar-refractivity contribution < 1.29 is 4.79 Å². The quantitative estimate of drug-likeness (QED) is 0.830. The average Bonchev–Trinajstić information content (AvgIpc) is 2.49. The van der Waals surface area contributed by atoms with Gasteiger partial charge >= 0.3 is 0 Å². The second-order valence-electron chi connectivity index (χ2n) is 5.36. The highest BCUT2D eigenvalue weighted by Crippen LogP contribution is 2.23. The van der Waals surface area contributed by atoms with Crippen molar-refractivity contribution in [2.75, 3.05) is 0 Å². The van der Waals surface area contributed by atoms with E-state index in [1.54, 1.807) is 0 Å². The molecule has 0 aliphatic rings. The first-order valence-electron chi connectivity index (χ1n) is 7.05. The fourth-order valence-corrected chi connectivity index (χ4v) is 2.57. The number of hydrogen-bond donors (Lipinski definition) is 1. The van der Waals surface area contributed by atoms with Gasteiger partial charge in [-0.2, -0.15) is 0 Å². The molecule has 0 aromatic heterocycles. The minimum atomic E-state index is -0.668. The zero-order valence-corrected chi connectivity index (χ0v) is 13.3. The van der Waals surface area contributed by atoms with Crippen LogP contribution in [0.3, 0.4) is 0 Å². The Morgan fingerprint density at radius 1 is 1.10 bits per heavy atom. The molecular weight excluding hydrogens is 282 g/mol. The summed E-state index contributed by atoms with van der Waals surface area (Å²) in [7, 11) is 0. The topological polar surface area (TPSA) is 29.1 Å². The van der Waals surface area contributed by atoms with E-state index in [1.807, 2.05) is 51.1 Å². The number of rotatable bonds is 4. The molecule has 21 heavy (non-hydrogen) atoms. The molecule has 1 amide bonds. The van der Waals surface area contributed by atoms with Crippen LogP contribution in [0.15, 0.2) is 48.5 Å². The van der Waals surface area contributed by atoms with Crippen LogP contribution in [0.25, 0.3) is 0 Å². The van der Waals surface area contributed by atoms with Gasteiger partial charge in [-0.25, -0.2) is 0 Å². The van der Waals surface area contributed by atoms with Crippen molar-refractivity contribution in [1.29, 1.82) is 0 Å². The first-order chi connectivity index (χ1) is 9.99. The van der Waals surface area contributed by atoms with Crippen LogP contribution >= 0.6 is 11.6 Å². The molecule has 2 nitrogen and oxygen atoms in total. The molecule has 2 aromatic rings. The summed E-state index contributed by atoms with van der Waals surface area (Å²) in [6.07, 6.45) is 0. The van der Waals surface area contributed by atoms with Crippen LogP contribution in [-0.2, 0) is 4.79 Å². The van der Waals surface area contributed by atoms with E-state index in [0.29, 0.717) is 0 Å². The highest BCUT2D eigenvalue weighted by atomic mass is 35.5. The molecule has 2 rings (SSSR count). The lowest BCUT2D eigenvalue weighted by molar-refractivity contribution is -0.121. The van der Waals surface area contributed by atoms with Crippen molar-refractivity contribution in [2.24, 2.45) is 0 Å². The Morgan fingerprint density at radius 2 is 1.76 bits per heavy atom. The Hall–Kier alpha value is -1.80. The molecule has 3 heteroatoms. The molecule has 0 saturated carbocycles. The highest BCUT2D eigenvalue weighted by Gasteiger charge is 2.20. The van der Waals surface area contributed by atoms with Crippen LogP contribution in [0.4, 0.5) is 0 Å². The van der Waals surface area contributed by atoms with Gasteiger partial charge < -0.3 is 5.32 Å². The van der Waals surface area contributed by atoms with Gasteiger partial charge in [-0.3, -0.25) is 4.79 Å². The van der Waals surface area contributed by atoms with E-state index in [2.05, 4.69) is 23.5 Å². The molecule has 0 fully saturated rings. The predicted molar refractivity (Wildman–Crippen MR) is 87.5 cm³/mol. The minimum absolute atomic E-state index is 0.0673. The molecule has 0 aliphatic carbocycles. The third-order valence-electron chi connectivity index (χ3n) is 3.58. The third-order valence-corrected chi connectivity index (χ3v) is 4.03. The molecule has 2 unspecified atom stereocenters. The Balaban J connectivity index is 2.10. The lowest BCUT2D eigenvalue weighted by atomic mass is 9.99. The second-order valence-corrected chi connectivity index (χ2v) is 5.80. The van der Waals surface area contributed by atoms with Gasteiger partial charge in [0, 0.05) is 0 Å². The van der Waals surface area contributed by atoms with E-state index in [4.69, 9.17) is 11.6 Å². The van der Waals surface area contributed by atoms with Gasteiger partial charge in [-0.15, -0.1) is 11.6 Å². The molecule has 0 bridgehead atoms. The number of carbonyl (C=O) groups is 1. The van der Waals surface area contributed by atoms with Crippen LogP contribution in [0.2, 0.25) is 0 Å². The fourth-order valence-electron chi connectivity index (χ4n) is 2.36. The summed E-state index contributed by atoms with van der Waals surface area (Å²) in [4.78, 5) is 12.3. The molecule has 1 N–H and O–H groups in total. The third kappa shape index (κ3) is 3.85. The summed E-state index contributed by atoms with van der Waals surface area (Å²) in [6.45, 7) is 6.08. The second kappa shape index (κ2) is 6.77. The lowest BCUT2D eigenvalue weighted by Gasteiger charge is -2.19. The van der Waals surface area contributed by atoms with Crippen molar-refractivity contribution in [1.82, 2.24) is 5.32 Å². The van der Waals surface area contributed by atoms with Crippen LogP contribution in [0.1, 0.15) is 40.6 Å². The van der Waals surface area contributed by atoms with Gasteiger partial charge in [0.05, 0.1) is 6.04 Å². The molecule has 0 spiro atoms. The van der Waals surface area contributed by atoms with Crippen molar-refractivity contribution in [3.05, 3.63) is 70.8 Å².